The van der Waals surface area contributed by atoms with Gasteiger partial charge in [-0.3, -0.25) is 5.10 Å². The molecule has 0 aliphatic carbocycles. The Balaban J connectivity index is 2.29. The molecule has 0 saturated carbocycles. The predicted octanol–water partition coefficient (Wildman–Crippen LogP) is 2.63. The number of H-pyrrole nitrogens is 1. The average molecular weight is 253 g/mol. The molecule has 3 aromatic rings. The number of hydrogen-bond donors (Lipinski definition) is 2. The van der Waals surface area contributed by atoms with E-state index in [9.17, 15) is 4.79 Å². The van der Waals surface area contributed by atoms with Crippen molar-refractivity contribution in [1.82, 2.24) is 15.4 Å². The Hall–Kier alpha value is -2.69. The van der Waals surface area contributed by atoms with Crippen LogP contribution in [0.5, 0.6) is 0 Å². The van der Waals surface area contributed by atoms with Crippen LogP contribution in [0.2, 0.25) is 0 Å². The first-order valence-electron chi connectivity index (χ1n) is 5.81. The number of nitrogens with one attached hydrogen (secondary N) is 1. The van der Waals surface area contributed by atoms with Gasteiger partial charge in [0, 0.05) is 5.56 Å². The number of nitrogens with zero attached hydrogens (tertiary/aromatic N) is 2. The summed E-state index contributed by atoms with van der Waals surface area (Å²) in [7, 11) is 0. The first kappa shape index (κ1) is 11.4. The van der Waals surface area contributed by atoms with E-state index in [1.807, 2.05) is 25.1 Å². The maximum absolute atomic E-state index is 11.1. The molecule has 19 heavy (non-hydrogen) atoms. The van der Waals surface area contributed by atoms with Gasteiger partial charge in [-0.25, -0.2) is 4.79 Å². The number of fused-ring (bicyclic) bond motifs is 1. The number of carboxylic acid groups (broad SMARTS) is 1. The Bertz CT molecular complexity index is 777. The highest BCUT2D eigenvalue weighted by Crippen LogP contribution is 2.29. The molecular weight excluding hydrogens is 242 g/mol. The van der Waals surface area contributed by atoms with Crippen molar-refractivity contribution in [2.24, 2.45) is 0 Å². The summed E-state index contributed by atoms with van der Waals surface area (Å²) in [4.78, 5) is 11.1. The summed E-state index contributed by atoms with van der Waals surface area (Å²) >= 11 is 0. The molecule has 0 amide bonds. The van der Waals surface area contributed by atoms with Gasteiger partial charge < -0.3 is 5.11 Å². The fraction of sp³-hybridized carbons (Fsp3) is 0.0714. The van der Waals surface area contributed by atoms with E-state index in [1.165, 1.54) is 0 Å². The Kier molecular flexibility index (Phi) is 2.52. The van der Waals surface area contributed by atoms with Crippen LogP contribution in [-0.4, -0.2) is 26.5 Å². The van der Waals surface area contributed by atoms with E-state index >= 15 is 0 Å². The first-order valence-corrected chi connectivity index (χ1v) is 5.81. The summed E-state index contributed by atoms with van der Waals surface area (Å²) in [6.07, 6.45) is 0. The number of aryl methyl sites for hydroxylation is 1. The Labute approximate surface area is 108 Å². The fourth-order valence-corrected chi connectivity index (χ4v) is 2.13. The fourth-order valence-electron chi connectivity index (χ4n) is 2.13. The van der Waals surface area contributed by atoms with Crippen LogP contribution in [0.1, 0.15) is 15.9 Å². The van der Waals surface area contributed by atoms with Crippen molar-refractivity contribution >= 4 is 17.0 Å². The second-order valence-electron chi connectivity index (χ2n) is 4.35. The molecule has 0 saturated heterocycles. The number of aromatic carboxylic acids is 1. The second kappa shape index (κ2) is 4.20. The van der Waals surface area contributed by atoms with E-state index in [0.29, 0.717) is 0 Å². The van der Waals surface area contributed by atoms with Gasteiger partial charge in [0.25, 0.3) is 0 Å². The van der Waals surface area contributed by atoms with E-state index < -0.39 is 5.97 Å². The Morgan fingerprint density at radius 2 is 2.05 bits per heavy atom. The molecule has 5 nitrogen and oxygen atoms in total. The minimum atomic E-state index is -0.937. The van der Waals surface area contributed by atoms with Crippen molar-refractivity contribution in [3.63, 3.8) is 0 Å². The quantitative estimate of drug-likeness (QED) is 0.735. The lowest BCUT2D eigenvalue weighted by atomic mass is 9.97. The van der Waals surface area contributed by atoms with Crippen LogP contribution < -0.4 is 0 Å². The molecule has 2 aromatic carbocycles. The lowest BCUT2D eigenvalue weighted by Crippen LogP contribution is -1.97. The largest absolute Gasteiger partial charge is 0.478 e. The number of aromatic nitrogens is 3. The molecule has 3 rings (SSSR count). The number of carbonyl (C=O) groups is 1. The van der Waals surface area contributed by atoms with Gasteiger partial charge in [-0.2, -0.15) is 0 Å². The van der Waals surface area contributed by atoms with Gasteiger partial charge in [0.15, 0.2) is 0 Å². The van der Waals surface area contributed by atoms with Crippen molar-refractivity contribution < 1.29 is 9.90 Å². The summed E-state index contributed by atoms with van der Waals surface area (Å²) in [5, 5.41) is 19.7. The molecule has 94 valence electrons. The normalized spacial score (nSPS) is 10.8. The highest BCUT2D eigenvalue weighted by atomic mass is 16.4. The molecule has 0 aliphatic heterocycles. The summed E-state index contributed by atoms with van der Waals surface area (Å²) in [5.74, 6) is -0.937. The van der Waals surface area contributed by atoms with Crippen molar-refractivity contribution in [1.29, 1.82) is 0 Å². The zero-order valence-corrected chi connectivity index (χ0v) is 10.2. The lowest BCUT2D eigenvalue weighted by molar-refractivity contribution is 0.0697. The third kappa shape index (κ3) is 1.85. The first-order chi connectivity index (χ1) is 9.16. The van der Waals surface area contributed by atoms with Gasteiger partial charge in [-0.05, 0) is 36.2 Å². The van der Waals surface area contributed by atoms with Crippen LogP contribution >= 0.6 is 0 Å². The molecular formula is C14H11N3O2. The standard InChI is InChI=1S/C14H11N3O2/c1-8-5-6-9(14(18)19)7-11(8)10-3-2-4-12-13(10)16-17-15-12/h2-7H,1H3,(H,18,19)(H,15,16,17). The monoisotopic (exact) mass is 253 g/mol. The summed E-state index contributed by atoms with van der Waals surface area (Å²) < 4.78 is 0. The summed E-state index contributed by atoms with van der Waals surface area (Å²) in [6, 6.07) is 10.8. The van der Waals surface area contributed by atoms with Crippen LogP contribution in [0.4, 0.5) is 0 Å². The molecule has 0 spiro atoms. The minimum Gasteiger partial charge on any atom is -0.478 e. The van der Waals surface area contributed by atoms with E-state index in [4.69, 9.17) is 5.11 Å². The zero-order chi connectivity index (χ0) is 13.4. The lowest BCUT2D eigenvalue weighted by Gasteiger charge is -2.07. The summed E-state index contributed by atoms with van der Waals surface area (Å²) in [5.41, 5.74) is 4.58. The van der Waals surface area contributed by atoms with Crippen molar-refractivity contribution in [2.45, 2.75) is 6.92 Å². The van der Waals surface area contributed by atoms with Crippen LogP contribution in [0.25, 0.3) is 22.2 Å². The highest BCUT2D eigenvalue weighted by Gasteiger charge is 2.12. The summed E-state index contributed by atoms with van der Waals surface area (Å²) in [6.45, 7) is 1.94. The predicted molar refractivity (Wildman–Crippen MR) is 71.0 cm³/mol. The Morgan fingerprint density at radius 1 is 1.21 bits per heavy atom. The van der Waals surface area contributed by atoms with Crippen LogP contribution in [0.3, 0.4) is 0 Å². The molecule has 5 heteroatoms. The molecule has 0 bridgehead atoms. The molecule has 1 heterocycles. The molecule has 2 N–H and O–H groups in total. The maximum atomic E-state index is 11.1. The van der Waals surface area contributed by atoms with Gasteiger partial charge in [-0.15, -0.1) is 5.10 Å². The third-order valence-electron chi connectivity index (χ3n) is 3.13. The van der Waals surface area contributed by atoms with Gasteiger partial charge in [-0.1, -0.05) is 23.4 Å². The van der Waals surface area contributed by atoms with E-state index in [1.54, 1.807) is 18.2 Å². The molecule has 0 atom stereocenters. The SMILES string of the molecule is Cc1ccc(C(=O)O)cc1-c1cccc2[nH]nnc12. The topological polar surface area (TPSA) is 78.9 Å². The van der Waals surface area contributed by atoms with Crippen LogP contribution in [0.15, 0.2) is 36.4 Å². The van der Waals surface area contributed by atoms with Crippen molar-refractivity contribution in [3.8, 4) is 11.1 Å². The third-order valence-corrected chi connectivity index (χ3v) is 3.13. The molecule has 1 aromatic heterocycles. The number of rotatable bonds is 2. The van der Waals surface area contributed by atoms with E-state index in [2.05, 4.69) is 15.4 Å². The number of benzene rings is 2. The molecule has 0 unspecified atom stereocenters. The van der Waals surface area contributed by atoms with Gasteiger partial charge in [0.05, 0.1) is 11.1 Å². The van der Waals surface area contributed by atoms with Crippen molar-refractivity contribution in [3.05, 3.63) is 47.5 Å². The number of aromatic amines is 1. The zero-order valence-electron chi connectivity index (χ0n) is 10.2. The highest BCUT2D eigenvalue weighted by molar-refractivity contribution is 5.95. The molecule has 0 radical (unpaired) electrons. The second-order valence-corrected chi connectivity index (χ2v) is 4.35. The van der Waals surface area contributed by atoms with Gasteiger partial charge in [0.2, 0.25) is 0 Å². The van der Waals surface area contributed by atoms with Crippen LogP contribution in [-0.2, 0) is 0 Å². The average Bonchev–Trinajstić information content (AvgIpc) is 2.87. The van der Waals surface area contributed by atoms with Gasteiger partial charge >= 0.3 is 5.97 Å². The van der Waals surface area contributed by atoms with Gasteiger partial charge in [0.1, 0.15) is 5.52 Å². The molecule has 0 fully saturated rings. The number of carboxylic acids is 1. The van der Waals surface area contributed by atoms with Crippen LogP contribution in [0, 0.1) is 6.92 Å². The smallest absolute Gasteiger partial charge is 0.335 e. The number of hydrogen-bond acceptors (Lipinski definition) is 3. The van der Waals surface area contributed by atoms with Crippen molar-refractivity contribution in [2.75, 3.05) is 0 Å². The van der Waals surface area contributed by atoms with E-state index in [-0.39, 0.29) is 5.56 Å². The maximum Gasteiger partial charge on any atom is 0.335 e. The molecule has 0 aliphatic rings. The minimum absolute atomic E-state index is 0.265. The van der Waals surface area contributed by atoms with E-state index in [0.717, 1.165) is 27.7 Å². The Morgan fingerprint density at radius 3 is 2.84 bits per heavy atom.